The summed E-state index contributed by atoms with van der Waals surface area (Å²) in [4.78, 5) is 0. The number of halogens is 4. The van der Waals surface area contributed by atoms with E-state index in [1.54, 1.807) is 12.1 Å². The van der Waals surface area contributed by atoms with Crippen molar-refractivity contribution in [1.82, 2.24) is 0 Å². The van der Waals surface area contributed by atoms with E-state index >= 15 is 0 Å². The summed E-state index contributed by atoms with van der Waals surface area (Å²) in [5.74, 6) is 0.643. The first-order valence-corrected chi connectivity index (χ1v) is 7.77. The van der Waals surface area contributed by atoms with Crippen LogP contribution in [-0.4, -0.2) is 6.18 Å². The van der Waals surface area contributed by atoms with E-state index in [4.69, 9.17) is 4.74 Å². The Kier molecular flexibility index (Phi) is 5.89. The van der Waals surface area contributed by atoms with Gasteiger partial charge in [-0.1, -0.05) is 46.3 Å². The maximum absolute atomic E-state index is 12.3. The molecule has 0 aromatic heterocycles. The van der Waals surface area contributed by atoms with Crippen molar-refractivity contribution in [2.45, 2.75) is 31.5 Å². The standard InChI is InChI=1S/C17H16BrF3O/c18-14-8-10-15(11-9-14)22-16(7-4-12-17(19,20)21)13-5-2-1-3-6-13/h1-3,5-6,8-11,16H,4,7,12H2. The van der Waals surface area contributed by atoms with Crippen molar-refractivity contribution in [1.29, 1.82) is 0 Å². The zero-order valence-electron chi connectivity index (χ0n) is 11.8. The van der Waals surface area contributed by atoms with Crippen molar-refractivity contribution in [3.63, 3.8) is 0 Å². The van der Waals surface area contributed by atoms with Gasteiger partial charge in [-0.2, -0.15) is 13.2 Å². The van der Waals surface area contributed by atoms with E-state index in [2.05, 4.69) is 15.9 Å². The van der Waals surface area contributed by atoms with Gasteiger partial charge < -0.3 is 4.74 Å². The first-order chi connectivity index (χ1) is 10.4. The SMILES string of the molecule is FC(F)(F)CCCC(Oc1ccc(Br)cc1)c1ccccc1. The van der Waals surface area contributed by atoms with Crippen LogP contribution in [-0.2, 0) is 0 Å². The second-order valence-electron chi connectivity index (χ2n) is 4.98. The molecule has 2 rings (SSSR count). The molecule has 0 aliphatic carbocycles. The van der Waals surface area contributed by atoms with Crippen LogP contribution in [0, 0.1) is 0 Å². The van der Waals surface area contributed by atoms with Gasteiger partial charge in [0.05, 0.1) is 0 Å². The molecule has 5 heteroatoms. The third-order valence-electron chi connectivity index (χ3n) is 3.19. The average Bonchev–Trinajstić information content (AvgIpc) is 2.48. The predicted octanol–water partition coefficient (Wildman–Crippen LogP) is 6.30. The van der Waals surface area contributed by atoms with Crippen LogP contribution in [0.1, 0.15) is 30.9 Å². The Labute approximate surface area is 136 Å². The van der Waals surface area contributed by atoms with E-state index in [1.165, 1.54) is 0 Å². The fraction of sp³-hybridized carbons (Fsp3) is 0.294. The van der Waals surface area contributed by atoms with E-state index in [-0.39, 0.29) is 12.5 Å². The van der Waals surface area contributed by atoms with Crippen molar-refractivity contribution < 1.29 is 17.9 Å². The minimum absolute atomic E-state index is 0.0413. The predicted molar refractivity (Wildman–Crippen MR) is 83.9 cm³/mol. The lowest BCUT2D eigenvalue weighted by molar-refractivity contribution is -0.136. The van der Waals surface area contributed by atoms with Gasteiger partial charge in [0.1, 0.15) is 11.9 Å². The molecule has 0 N–H and O–H groups in total. The highest BCUT2D eigenvalue weighted by molar-refractivity contribution is 9.10. The number of rotatable bonds is 6. The maximum atomic E-state index is 12.3. The van der Waals surface area contributed by atoms with Crippen LogP contribution in [0.25, 0.3) is 0 Å². The Hall–Kier alpha value is -1.49. The first kappa shape index (κ1) is 16.9. The lowest BCUT2D eigenvalue weighted by Gasteiger charge is -2.20. The van der Waals surface area contributed by atoms with Crippen molar-refractivity contribution >= 4 is 15.9 Å². The van der Waals surface area contributed by atoms with Crippen LogP contribution in [0.2, 0.25) is 0 Å². The third kappa shape index (κ3) is 5.72. The van der Waals surface area contributed by atoms with Crippen molar-refractivity contribution in [3.05, 3.63) is 64.6 Å². The highest BCUT2D eigenvalue weighted by atomic mass is 79.9. The molecule has 1 atom stereocenters. The van der Waals surface area contributed by atoms with Gasteiger partial charge in [0.15, 0.2) is 0 Å². The van der Waals surface area contributed by atoms with Crippen LogP contribution in [0.5, 0.6) is 5.75 Å². The van der Waals surface area contributed by atoms with Gasteiger partial charge in [0.25, 0.3) is 0 Å². The quantitative estimate of drug-likeness (QED) is 0.577. The van der Waals surface area contributed by atoms with Crippen LogP contribution >= 0.6 is 15.9 Å². The largest absolute Gasteiger partial charge is 0.486 e. The minimum Gasteiger partial charge on any atom is -0.486 e. The van der Waals surface area contributed by atoms with E-state index in [9.17, 15) is 13.2 Å². The Bertz CT molecular complexity index is 567. The summed E-state index contributed by atoms with van der Waals surface area (Å²) in [6.07, 6.45) is -4.94. The summed E-state index contributed by atoms with van der Waals surface area (Å²) in [6, 6.07) is 16.6. The van der Waals surface area contributed by atoms with Crippen LogP contribution < -0.4 is 4.74 Å². The molecule has 0 fully saturated rings. The van der Waals surface area contributed by atoms with Gasteiger partial charge in [0, 0.05) is 10.9 Å². The molecule has 1 unspecified atom stereocenters. The zero-order valence-corrected chi connectivity index (χ0v) is 13.4. The first-order valence-electron chi connectivity index (χ1n) is 6.98. The van der Waals surface area contributed by atoms with E-state index in [1.807, 2.05) is 42.5 Å². The number of alkyl halides is 3. The molecule has 2 aromatic rings. The minimum atomic E-state index is -4.13. The number of hydrogen-bond donors (Lipinski definition) is 0. The van der Waals surface area contributed by atoms with E-state index in [0.717, 1.165) is 10.0 Å². The normalized spacial score (nSPS) is 12.9. The lowest BCUT2D eigenvalue weighted by atomic mass is 10.0. The summed E-state index contributed by atoms with van der Waals surface area (Å²) in [5.41, 5.74) is 0.882. The van der Waals surface area contributed by atoms with Crippen molar-refractivity contribution in [2.75, 3.05) is 0 Å². The van der Waals surface area contributed by atoms with Gasteiger partial charge in [-0.05, 0) is 42.7 Å². The number of hydrogen-bond acceptors (Lipinski definition) is 1. The molecule has 118 valence electrons. The van der Waals surface area contributed by atoms with Crippen molar-refractivity contribution in [2.24, 2.45) is 0 Å². The number of benzene rings is 2. The molecule has 0 amide bonds. The molecular formula is C17H16BrF3O. The van der Waals surface area contributed by atoms with Gasteiger partial charge in [-0.25, -0.2) is 0 Å². The molecule has 1 nitrogen and oxygen atoms in total. The Morgan fingerprint density at radius 3 is 2.18 bits per heavy atom. The van der Waals surface area contributed by atoms with Gasteiger partial charge in [0.2, 0.25) is 0 Å². The summed E-state index contributed by atoms with van der Waals surface area (Å²) in [5, 5.41) is 0. The molecular weight excluding hydrogens is 357 g/mol. The van der Waals surface area contributed by atoms with Crippen LogP contribution in [0.3, 0.4) is 0 Å². The van der Waals surface area contributed by atoms with Crippen molar-refractivity contribution in [3.8, 4) is 5.75 Å². The topological polar surface area (TPSA) is 9.23 Å². The second-order valence-corrected chi connectivity index (χ2v) is 5.89. The highest BCUT2D eigenvalue weighted by Gasteiger charge is 2.27. The molecule has 0 saturated heterocycles. The molecule has 0 aliphatic heterocycles. The molecule has 0 aliphatic rings. The van der Waals surface area contributed by atoms with Gasteiger partial charge in [-0.3, -0.25) is 0 Å². The average molecular weight is 373 g/mol. The summed E-state index contributed by atoms with van der Waals surface area (Å²) >= 11 is 3.34. The van der Waals surface area contributed by atoms with Gasteiger partial charge >= 0.3 is 6.18 Å². The van der Waals surface area contributed by atoms with E-state index < -0.39 is 12.6 Å². The van der Waals surface area contributed by atoms with Crippen LogP contribution in [0.4, 0.5) is 13.2 Å². The molecule has 0 radical (unpaired) electrons. The Morgan fingerprint density at radius 2 is 1.59 bits per heavy atom. The number of ether oxygens (including phenoxy) is 1. The fourth-order valence-electron chi connectivity index (χ4n) is 2.13. The summed E-state index contributed by atoms with van der Waals surface area (Å²) < 4.78 is 43.8. The molecule has 0 saturated carbocycles. The fourth-order valence-corrected chi connectivity index (χ4v) is 2.39. The molecule has 0 spiro atoms. The Morgan fingerprint density at radius 1 is 0.955 bits per heavy atom. The van der Waals surface area contributed by atoms with E-state index in [0.29, 0.717) is 12.2 Å². The summed E-state index contributed by atoms with van der Waals surface area (Å²) in [7, 11) is 0. The molecule has 22 heavy (non-hydrogen) atoms. The smallest absolute Gasteiger partial charge is 0.389 e. The van der Waals surface area contributed by atoms with Gasteiger partial charge in [-0.15, -0.1) is 0 Å². The monoisotopic (exact) mass is 372 g/mol. The lowest BCUT2D eigenvalue weighted by Crippen LogP contribution is -2.11. The van der Waals surface area contributed by atoms with Crippen LogP contribution in [0.15, 0.2) is 59.1 Å². The second kappa shape index (κ2) is 7.68. The summed E-state index contributed by atoms with van der Waals surface area (Å²) in [6.45, 7) is 0. The highest BCUT2D eigenvalue weighted by Crippen LogP contribution is 2.30. The molecule has 2 aromatic carbocycles. The third-order valence-corrected chi connectivity index (χ3v) is 3.72. The maximum Gasteiger partial charge on any atom is 0.389 e. The molecule has 0 heterocycles. The Balaban J connectivity index is 2.06. The molecule has 0 bridgehead atoms. The zero-order chi connectivity index (χ0) is 16.0.